The number of rotatable bonds is 3. The maximum atomic E-state index is 6.59. The van der Waals surface area contributed by atoms with Gasteiger partial charge in [0.1, 0.15) is 0 Å². The van der Waals surface area contributed by atoms with Gasteiger partial charge < -0.3 is 0 Å². The van der Waals surface area contributed by atoms with Crippen molar-refractivity contribution in [3.63, 3.8) is 0 Å². The van der Waals surface area contributed by atoms with E-state index in [9.17, 15) is 0 Å². The first-order chi connectivity index (χ1) is 10.1. The number of benzene rings is 2. The molecule has 3 aromatic rings. The molecule has 0 aliphatic heterocycles. The zero-order valence-electron chi connectivity index (χ0n) is 10.9. The zero-order valence-corrected chi connectivity index (χ0v) is 14.5. The molecule has 21 heavy (non-hydrogen) atoms. The summed E-state index contributed by atoms with van der Waals surface area (Å²) in [6.07, 6.45) is 3.74. The van der Waals surface area contributed by atoms with Crippen molar-refractivity contribution in [1.29, 1.82) is 0 Å². The van der Waals surface area contributed by atoms with Crippen LogP contribution in [-0.2, 0) is 0 Å². The lowest BCUT2D eigenvalue weighted by Crippen LogP contribution is -1.96. The third-order valence-electron chi connectivity index (χ3n) is 3.15. The molecule has 5 heteroatoms. The fourth-order valence-electron chi connectivity index (χ4n) is 2.08. The summed E-state index contributed by atoms with van der Waals surface area (Å²) in [5.74, 6) is 0. The van der Waals surface area contributed by atoms with Gasteiger partial charge in [0.25, 0.3) is 0 Å². The monoisotopic (exact) mass is 428 g/mol. The van der Waals surface area contributed by atoms with Crippen LogP contribution in [0.5, 0.6) is 0 Å². The molecule has 0 N–H and O–H groups in total. The first-order valence-electron chi connectivity index (χ1n) is 6.34. The van der Waals surface area contributed by atoms with Crippen LogP contribution in [0.15, 0.2) is 60.9 Å². The molecule has 106 valence electrons. The summed E-state index contributed by atoms with van der Waals surface area (Å²) in [7, 11) is 0. The summed E-state index contributed by atoms with van der Waals surface area (Å²) in [5, 5.41) is 4.80. The van der Waals surface area contributed by atoms with E-state index in [1.807, 2.05) is 59.4 Å². The van der Waals surface area contributed by atoms with Gasteiger partial charge in [-0.15, -0.1) is 11.6 Å². The Labute approximate surface area is 146 Å². The summed E-state index contributed by atoms with van der Waals surface area (Å²) in [4.78, 5) is 0. The Kier molecular flexibility index (Phi) is 4.52. The third-order valence-corrected chi connectivity index (χ3v) is 4.85. The van der Waals surface area contributed by atoms with Crippen LogP contribution < -0.4 is 0 Å². The van der Waals surface area contributed by atoms with Gasteiger partial charge in [-0.25, -0.2) is 4.68 Å². The van der Waals surface area contributed by atoms with E-state index in [0.29, 0.717) is 5.02 Å². The molecule has 0 saturated carbocycles. The molecule has 0 spiro atoms. The molecule has 0 aliphatic carbocycles. The quantitative estimate of drug-likeness (QED) is 0.400. The minimum Gasteiger partial charge on any atom is -0.241 e. The minimum atomic E-state index is -0.270. The van der Waals surface area contributed by atoms with Gasteiger partial charge in [-0.05, 0) is 58.5 Å². The number of para-hydroxylation sites is 1. The predicted octanol–water partition coefficient (Wildman–Crippen LogP) is 5.46. The Morgan fingerprint density at radius 3 is 2.62 bits per heavy atom. The Bertz CT molecular complexity index is 756. The second-order valence-electron chi connectivity index (χ2n) is 4.58. The van der Waals surface area contributed by atoms with Gasteiger partial charge in [0.05, 0.1) is 17.3 Å². The molecule has 0 saturated heterocycles. The first-order valence-corrected chi connectivity index (χ1v) is 8.23. The molecular formula is C16H11Cl2IN2. The lowest BCUT2D eigenvalue weighted by molar-refractivity contribution is 0.880. The molecule has 2 nitrogen and oxygen atoms in total. The largest absolute Gasteiger partial charge is 0.241 e. The van der Waals surface area contributed by atoms with E-state index < -0.39 is 0 Å². The van der Waals surface area contributed by atoms with E-state index >= 15 is 0 Å². The van der Waals surface area contributed by atoms with Crippen molar-refractivity contribution in [3.8, 4) is 5.69 Å². The second-order valence-corrected chi connectivity index (χ2v) is 6.62. The molecule has 1 heterocycles. The maximum absolute atomic E-state index is 6.59. The Morgan fingerprint density at radius 2 is 1.86 bits per heavy atom. The van der Waals surface area contributed by atoms with E-state index in [1.165, 1.54) is 0 Å². The summed E-state index contributed by atoms with van der Waals surface area (Å²) in [5.41, 5.74) is 2.95. The van der Waals surface area contributed by atoms with Crippen LogP contribution in [0.2, 0.25) is 5.02 Å². The summed E-state index contributed by atoms with van der Waals surface area (Å²) in [6, 6.07) is 15.7. The molecular weight excluding hydrogens is 418 g/mol. The van der Waals surface area contributed by atoms with Gasteiger partial charge in [-0.2, -0.15) is 5.10 Å². The molecule has 2 aromatic carbocycles. The van der Waals surface area contributed by atoms with E-state index in [-0.39, 0.29) is 5.38 Å². The van der Waals surface area contributed by atoms with Crippen LogP contribution in [-0.4, -0.2) is 9.78 Å². The molecule has 0 amide bonds. The van der Waals surface area contributed by atoms with E-state index in [4.69, 9.17) is 23.2 Å². The van der Waals surface area contributed by atoms with Crippen LogP contribution in [0.1, 0.15) is 16.5 Å². The van der Waals surface area contributed by atoms with Gasteiger partial charge in [0.2, 0.25) is 0 Å². The van der Waals surface area contributed by atoms with Crippen molar-refractivity contribution in [2.75, 3.05) is 0 Å². The highest BCUT2D eigenvalue weighted by molar-refractivity contribution is 14.1. The number of nitrogens with zero attached hydrogens (tertiary/aromatic N) is 2. The fraction of sp³-hybridized carbons (Fsp3) is 0.0625. The van der Waals surface area contributed by atoms with Crippen molar-refractivity contribution < 1.29 is 0 Å². The number of hydrogen-bond donors (Lipinski definition) is 0. The summed E-state index contributed by atoms with van der Waals surface area (Å²) >= 11 is 14.9. The van der Waals surface area contributed by atoms with E-state index in [0.717, 1.165) is 20.4 Å². The van der Waals surface area contributed by atoms with Gasteiger partial charge in [0.15, 0.2) is 0 Å². The molecule has 1 aromatic heterocycles. The lowest BCUT2D eigenvalue weighted by Gasteiger charge is -2.10. The lowest BCUT2D eigenvalue weighted by atomic mass is 10.1. The molecule has 1 unspecified atom stereocenters. The Hall–Kier alpha value is -1.04. The third kappa shape index (κ3) is 3.25. The highest BCUT2D eigenvalue weighted by atomic mass is 127. The smallest absolute Gasteiger partial charge is 0.0876 e. The molecule has 0 radical (unpaired) electrons. The summed E-state index contributed by atoms with van der Waals surface area (Å²) < 4.78 is 2.91. The first kappa shape index (κ1) is 14.9. The average Bonchev–Trinajstić information content (AvgIpc) is 3.00. The number of halogens is 3. The predicted molar refractivity (Wildman–Crippen MR) is 95.4 cm³/mol. The van der Waals surface area contributed by atoms with Crippen LogP contribution in [0.4, 0.5) is 0 Å². The van der Waals surface area contributed by atoms with E-state index in [1.54, 1.807) is 6.20 Å². The average molecular weight is 429 g/mol. The SMILES string of the molecule is Clc1ccc(I)c(C(Cl)c2cnn(-c3ccccc3)c2)c1. The normalized spacial score (nSPS) is 12.3. The Balaban J connectivity index is 1.94. The maximum Gasteiger partial charge on any atom is 0.0876 e. The molecule has 0 fully saturated rings. The topological polar surface area (TPSA) is 17.8 Å². The highest BCUT2D eigenvalue weighted by Gasteiger charge is 2.16. The number of aromatic nitrogens is 2. The van der Waals surface area contributed by atoms with Gasteiger partial charge in [-0.3, -0.25) is 0 Å². The highest BCUT2D eigenvalue weighted by Crippen LogP contribution is 2.33. The van der Waals surface area contributed by atoms with Gasteiger partial charge in [-0.1, -0.05) is 29.8 Å². The second kappa shape index (κ2) is 6.38. The van der Waals surface area contributed by atoms with E-state index in [2.05, 4.69) is 27.7 Å². The number of hydrogen-bond acceptors (Lipinski definition) is 1. The zero-order chi connectivity index (χ0) is 14.8. The number of alkyl halides is 1. The molecule has 0 bridgehead atoms. The van der Waals surface area contributed by atoms with Crippen LogP contribution in [0.3, 0.4) is 0 Å². The van der Waals surface area contributed by atoms with Crippen LogP contribution >= 0.6 is 45.8 Å². The van der Waals surface area contributed by atoms with Gasteiger partial charge >= 0.3 is 0 Å². The Morgan fingerprint density at radius 1 is 1.10 bits per heavy atom. The van der Waals surface area contributed by atoms with Crippen molar-refractivity contribution >= 4 is 45.8 Å². The molecule has 0 aliphatic rings. The van der Waals surface area contributed by atoms with Crippen molar-refractivity contribution in [1.82, 2.24) is 9.78 Å². The van der Waals surface area contributed by atoms with Gasteiger partial charge in [0, 0.05) is 20.4 Å². The summed E-state index contributed by atoms with van der Waals surface area (Å²) in [6.45, 7) is 0. The van der Waals surface area contributed by atoms with Crippen molar-refractivity contribution in [2.24, 2.45) is 0 Å². The fourth-order valence-corrected chi connectivity index (χ4v) is 3.38. The minimum absolute atomic E-state index is 0.270. The van der Waals surface area contributed by atoms with Crippen LogP contribution in [0.25, 0.3) is 5.69 Å². The van der Waals surface area contributed by atoms with Crippen molar-refractivity contribution in [2.45, 2.75) is 5.38 Å². The van der Waals surface area contributed by atoms with Crippen molar-refractivity contribution in [3.05, 3.63) is 80.6 Å². The van der Waals surface area contributed by atoms with Crippen LogP contribution in [0, 0.1) is 3.57 Å². The molecule has 3 rings (SSSR count). The molecule has 1 atom stereocenters. The standard InChI is InChI=1S/C16H11Cl2IN2/c17-12-6-7-15(19)14(8-12)16(18)11-9-20-21(10-11)13-4-2-1-3-5-13/h1-10,16H.